The molecule has 23 heavy (non-hydrogen) atoms. The zero-order chi connectivity index (χ0) is 16.0. The van der Waals surface area contributed by atoms with Crippen LogP contribution in [0.2, 0.25) is 0 Å². The third-order valence-corrected chi connectivity index (χ3v) is 4.08. The van der Waals surface area contributed by atoms with Crippen LogP contribution in [0.5, 0.6) is 5.75 Å². The Labute approximate surface area is 131 Å². The van der Waals surface area contributed by atoms with Gasteiger partial charge in [-0.25, -0.2) is 9.37 Å². The number of fused-ring (bicyclic) bond motifs is 2. The summed E-state index contributed by atoms with van der Waals surface area (Å²) >= 11 is 0. The van der Waals surface area contributed by atoms with Gasteiger partial charge in [-0.15, -0.1) is 0 Å². The lowest BCUT2D eigenvalue weighted by molar-refractivity contribution is 0.0994. The number of aromatic nitrogens is 2. The molecule has 0 saturated heterocycles. The summed E-state index contributed by atoms with van der Waals surface area (Å²) in [6.07, 6.45) is 2.28. The first-order valence-corrected chi connectivity index (χ1v) is 7.30. The molecule has 0 saturated carbocycles. The second-order valence-corrected chi connectivity index (χ2v) is 5.51. The fourth-order valence-electron chi connectivity index (χ4n) is 2.86. The molecular weight excluding hydrogens is 297 g/mol. The number of imidazole rings is 1. The van der Waals surface area contributed by atoms with Crippen molar-refractivity contribution in [3.8, 4) is 5.75 Å². The molecule has 0 unspecified atom stereocenters. The van der Waals surface area contributed by atoms with E-state index in [-0.39, 0.29) is 11.5 Å². The van der Waals surface area contributed by atoms with Crippen LogP contribution in [0.4, 0.5) is 10.1 Å². The van der Waals surface area contributed by atoms with Gasteiger partial charge in [0.2, 0.25) is 0 Å². The Morgan fingerprint density at radius 2 is 2.22 bits per heavy atom. The van der Waals surface area contributed by atoms with Crippen molar-refractivity contribution in [2.24, 2.45) is 0 Å². The Hall–Kier alpha value is -2.89. The molecule has 1 aliphatic heterocycles. The smallest absolute Gasteiger partial charge is 0.260 e. The summed E-state index contributed by atoms with van der Waals surface area (Å²) in [4.78, 5) is 21.2. The Balaban J connectivity index is 1.74. The van der Waals surface area contributed by atoms with E-state index in [9.17, 15) is 9.18 Å². The number of hydrogen-bond acceptors (Lipinski definition) is 3. The number of anilines is 1. The van der Waals surface area contributed by atoms with Crippen LogP contribution in [-0.4, -0.2) is 29.5 Å². The predicted molar refractivity (Wildman–Crippen MR) is 84.4 cm³/mol. The first-order valence-electron chi connectivity index (χ1n) is 7.30. The number of rotatable bonds is 2. The van der Waals surface area contributed by atoms with E-state index in [2.05, 4.69) is 9.97 Å². The average molecular weight is 311 g/mol. The molecule has 6 heteroatoms. The van der Waals surface area contributed by atoms with E-state index in [1.807, 2.05) is 18.2 Å². The molecule has 5 nitrogen and oxygen atoms in total. The van der Waals surface area contributed by atoms with E-state index in [0.29, 0.717) is 17.6 Å². The highest BCUT2D eigenvalue weighted by atomic mass is 19.1. The summed E-state index contributed by atoms with van der Waals surface area (Å²) in [6, 6.07) is 8.16. The van der Waals surface area contributed by atoms with Gasteiger partial charge < -0.3 is 14.6 Å². The van der Waals surface area contributed by atoms with Gasteiger partial charge in [0.25, 0.3) is 5.91 Å². The fourth-order valence-corrected chi connectivity index (χ4v) is 2.86. The quantitative estimate of drug-likeness (QED) is 0.791. The highest BCUT2D eigenvalue weighted by molar-refractivity contribution is 6.12. The van der Waals surface area contributed by atoms with Gasteiger partial charge >= 0.3 is 0 Å². The van der Waals surface area contributed by atoms with Crippen LogP contribution >= 0.6 is 0 Å². The number of ether oxygens (including phenoxy) is 1. The van der Waals surface area contributed by atoms with Gasteiger partial charge in [0.1, 0.15) is 17.1 Å². The van der Waals surface area contributed by atoms with Crippen molar-refractivity contribution in [3.05, 3.63) is 53.6 Å². The molecule has 0 fully saturated rings. The first kappa shape index (κ1) is 13.8. The van der Waals surface area contributed by atoms with Gasteiger partial charge in [-0.05, 0) is 35.9 Å². The standard InChI is InChI=1S/C17H14FN3O2/c1-21(12-2-3-15-10(6-12)4-5-23-15)17(22)13-7-11(18)8-14-16(13)20-9-19-14/h2-3,6-9H,4-5H2,1H3,(H,19,20). The van der Waals surface area contributed by atoms with Crippen LogP contribution in [0.3, 0.4) is 0 Å². The third-order valence-electron chi connectivity index (χ3n) is 4.08. The largest absolute Gasteiger partial charge is 0.493 e. The number of hydrogen-bond donors (Lipinski definition) is 1. The van der Waals surface area contributed by atoms with Crippen LogP contribution in [-0.2, 0) is 6.42 Å². The number of amides is 1. The van der Waals surface area contributed by atoms with E-state index in [4.69, 9.17) is 4.74 Å². The molecule has 0 aliphatic carbocycles. The summed E-state index contributed by atoms with van der Waals surface area (Å²) in [6.45, 7) is 0.661. The zero-order valence-electron chi connectivity index (χ0n) is 12.5. The molecule has 0 atom stereocenters. The summed E-state index contributed by atoms with van der Waals surface area (Å²) in [5.41, 5.74) is 3.02. The van der Waals surface area contributed by atoms with Crippen molar-refractivity contribution >= 4 is 22.6 Å². The van der Waals surface area contributed by atoms with Crippen molar-refractivity contribution in [2.75, 3.05) is 18.6 Å². The van der Waals surface area contributed by atoms with Crippen LogP contribution in [0.1, 0.15) is 15.9 Å². The van der Waals surface area contributed by atoms with Gasteiger partial charge in [-0.2, -0.15) is 0 Å². The van der Waals surface area contributed by atoms with E-state index in [1.165, 1.54) is 23.4 Å². The molecule has 1 N–H and O–H groups in total. The summed E-state index contributed by atoms with van der Waals surface area (Å²) in [7, 11) is 1.67. The second-order valence-electron chi connectivity index (χ2n) is 5.51. The molecule has 1 amide bonds. The first-order chi connectivity index (χ1) is 11.1. The molecule has 0 bridgehead atoms. The van der Waals surface area contributed by atoms with E-state index in [1.54, 1.807) is 7.05 Å². The molecule has 1 aromatic heterocycles. The van der Waals surface area contributed by atoms with Crippen molar-refractivity contribution in [1.82, 2.24) is 9.97 Å². The number of nitrogens with zero attached hydrogens (tertiary/aromatic N) is 2. The van der Waals surface area contributed by atoms with Crippen molar-refractivity contribution in [1.29, 1.82) is 0 Å². The van der Waals surface area contributed by atoms with Crippen molar-refractivity contribution in [3.63, 3.8) is 0 Å². The molecule has 2 heterocycles. The molecule has 1 aliphatic rings. The highest BCUT2D eigenvalue weighted by Crippen LogP contribution is 2.30. The second kappa shape index (κ2) is 5.08. The van der Waals surface area contributed by atoms with Gasteiger partial charge in [0, 0.05) is 19.2 Å². The number of halogens is 1. The molecule has 3 aromatic rings. The topological polar surface area (TPSA) is 58.2 Å². The number of aromatic amines is 1. The molecule has 0 radical (unpaired) electrons. The summed E-state index contributed by atoms with van der Waals surface area (Å²) in [5, 5.41) is 0. The number of benzene rings is 2. The normalized spacial score (nSPS) is 13.0. The maximum absolute atomic E-state index is 13.7. The SMILES string of the molecule is CN(C(=O)c1cc(F)cc2[nH]cnc12)c1ccc2c(c1)CCO2. The average Bonchev–Trinajstić information content (AvgIpc) is 3.20. The number of carbonyl (C=O) groups is 1. The Kier molecular flexibility index (Phi) is 3.04. The van der Waals surface area contributed by atoms with Gasteiger partial charge in [-0.3, -0.25) is 4.79 Å². The number of carbonyl (C=O) groups excluding carboxylic acids is 1. The number of nitrogens with one attached hydrogen (secondary N) is 1. The third kappa shape index (κ3) is 2.23. The Bertz CT molecular complexity index is 919. The van der Waals surface area contributed by atoms with E-state index in [0.717, 1.165) is 23.4 Å². The summed E-state index contributed by atoms with van der Waals surface area (Å²) < 4.78 is 19.2. The maximum atomic E-state index is 13.7. The van der Waals surface area contributed by atoms with E-state index < -0.39 is 5.82 Å². The minimum atomic E-state index is -0.471. The Morgan fingerprint density at radius 1 is 1.35 bits per heavy atom. The van der Waals surface area contributed by atoms with Crippen LogP contribution < -0.4 is 9.64 Å². The Morgan fingerprint density at radius 3 is 3.09 bits per heavy atom. The van der Waals surface area contributed by atoms with Crippen molar-refractivity contribution in [2.45, 2.75) is 6.42 Å². The monoisotopic (exact) mass is 311 g/mol. The minimum Gasteiger partial charge on any atom is -0.493 e. The molecule has 4 rings (SSSR count). The van der Waals surface area contributed by atoms with Crippen LogP contribution in [0.15, 0.2) is 36.7 Å². The van der Waals surface area contributed by atoms with Crippen molar-refractivity contribution < 1.29 is 13.9 Å². The number of H-pyrrole nitrogens is 1. The lowest BCUT2D eigenvalue weighted by atomic mass is 10.1. The molecular formula is C17H14FN3O2. The highest BCUT2D eigenvalue weighted by Gasteiger charge is 2.21. The molecule has 0 spiro atoms. The fraction of sp³-hybridized carbons (Fsp3) is 0.176. The van der Waals surface area contributed by atoms with Crippen LogP contribution in [0.25, 0.3) is 11.0 Å². The maximum Gasteiger partial charge on any atom is 0.260 e. The zero-order valence-corrected chi connectivity index (χ0v) is 12.5. The lowest BCUT2D eigenvalue weighted by Crippen LogP contribution is -2.26. The van der Waals surface area contributed by atoms with E-state index >= 15 is 0 Å². The predicted octanol–water partition coefficient (Wildman–Crippen LogP) is 2.91. The van der Waals surface area contributed by atoms with Crippen LogP contribution in [0, 0.1) is 5.82 Å². The summed E-state index contributed by atoms with van der Waals surface area (Å²) in [5.74, 6) is 0.0800. The van der Waals surface area contributed by atoms with Gasteiger partial charge in [0.15, 0.2) is 0 Å². The molecule has 2 aromatic carbocycles. The minimum absolute atomic E-state index is 0.237. The molecule has 116 valence electrons. The van der Waals surface area contributed by atoms with Gasteiger partial charge in [-0.1, -0.05) is 0 Å². The van der Waals surface area contributed by atoms with Gasteiger partial charge in [0.05, 0.1) is 24.0 Å². The lowest BCUT2D eigenvalue weighted by Gasteiger charge is -2.18.